The molecule has 5 heteroatoms. The molecule has 1 radical (unpaired) electrons. The van der Waals surface area contributed by atoms with Gasteiger partial charge in [0.05, 0.1) is 0 Å². The van der Waals surface area contributed by atoms with E-state index in [1.54, 1.807) is 0 Å². The van der Waals surface area contributed by atoms with E-state index in [0.29, 0.717) is 0 Å². The van der Waals surface area contributed by atoms with Crippen LogP contribution in [0.25, 0.3) is 0 Å². The van der Waals surface area contributed by atoms with Gasteiger partial charge in [-0.05, 0) is 0 Å². The van der Waals surface area contributed by atoms with Gasteiger partial charge in [-0.2, -0.15) is 0 Å². The monoisotopic (exact) mass is 258 g/mol. The van der Waals surface area contributed by atoms with Crippen molar-refractivity contribution in [2.75, 3.05) is 0 Å². The van der Waals surface area contributed by atoms with Gasteiger partial charge in [0.1, 0.15) is 0 Å². The molecule has 5 heavy (non-hydrogen) atoms. The Morgan fingerprint density at radius 1 is 1.00 bits per heavy atom. The van der Waals surface area contributed by atoms with Gasteiger partial charge in [0.25, 0.3) is 0 Å². The first-order chi connectivity index (χ1) is 0. The summed E-state index contributed by atoms with van der Waals surface area (Å²) in [6.45, 7) is 0. The maximum atomic E-state index is 0. The van der Waals surface area contributed by atoms with E-state index in [0.717, 1.165) is 0 Å². The molecule has 0 rings (SSSR count). The molecule has 0 aliphatic carbocycles. The zero-order chi connectivity index (χ0) is 0. The average molecular weight is 257 g/mol. The van der Waals surface area contributed by atoms with Crippen molar-refractivity contribution < 1.29 is 59.8 Å². The maximum absolute atomic E-state index is 0. The minimum atomic E-state index is 0. The Morgan fingerprint density at radius 3 is 1.00 bits per heavy atom. The fourth-order valence-corrected chi connectivity index (χ4v) is 0. The van der Waals surface area contributed by atoms with Crippen LogP contribution < -0.4 is 0 Å². The molecule has 0 aromatic carbocycles. The zero-order valence-electron chi connectivity index (χ0n) is 2.04. The Labute approximate surface area is 76.5 Å². The van der Waals surface area contributed by atoms with E-state index in [4.69, 9.17) is 0 Å². The molecule has 0 heterocycles. The van der Waals surface area contributed by atoms with Crippen molar-refractivity contribution in [2.24, 2.45) is 0 Å². The molecule has 0 saturated carbocycles. The Bertz CT molecular complexity index is 11.6. The van der Waals surface area contributed by atoms with E-state index in [-0.39, 0.29) is 77.2 Å². The van der Waals surface area contributed by atoms with E-state index in [9.17, 15) is 0 Å². The second-order valence-electron chi connectivity index (χ2n) is 0. The molecule has 0 aromatic heterocycles. The number of rotatable bonds is 0. The molecule has 0 atom stereocenters. The molecule has 25 valence electrons. The number of hydrogen-bond acceptors (Lipinski definition) is 0. The standard InChI is InChI=1S/Al.Co.Mo.Ni.O/q+3;+2;+4;+2;-2. The van der Waals surface area contributed by atoms with E-state index in [2.05, 4.69) is 0 Å². The summed E-state index contributed by atoms with van der Waals surface area (Å²) in [5.74, 6) is 0. The second kappa shape index (κ2) is 34.9. The summed E-state index contributed by atoms with van der Waals surface area (Å²) < 4.78 is 0. The molecule has 0 spiro atoms. The van der Waals surface area contributed by atoms with Crippen molar-refractivity contribution in [3.8, 4) is 0 Å². The molecular weight excluding hydrogens is 257 g/mol. The van der Waals surface area contributed by atoms with Gasteiger partial charge in [-0.1, -0.05) is 0 Å². The van der Waals surface area contributed by atoms with Crippen molar-refractivity contribution in [3.63, 3.8) is 0 Å². The van der Waals surface area contributed by atoms with Gasteiger partial charge < -0.3 is 5.48 Å². The van der Waals surface area contributed by atoms with Crippen LogP contribution in [0.2, 0.25) is 0 Å². The Morgan fingerprint density at radius 2 is 1.00 bits per heavy atom. The first-order valence-electron chi connectivity index (χ1n) is 0. The molecule has 1 nitrogen and oxygen atoms in total. The van der Waals surface area contributed by atoms with Crippen molar-refractivity contribution in [1.29, 1.82) is 0 Å². The van der Waals surface area contributed by atoms with E-state index in [1.807, 2.05) is 0 Å². The summed E-state index contributed by atoms with van der Waals surface area (Å²) in [7, 11) is 0. The van der Waals surface area contributed by atoms with Crippen LogP contribution in [0.15, 0.2) is 0 Å². The summed E-state index contributed by atoms with van der Waals surface area (Å²) in [4.78, 5) is 0. The normalized spacial score (nSPS) is 0. The van der Waals surface area contributed by atoms with Crippen LogP contribution in [0.5, 0.6) is 0 Å². The Balaban J connectivity index is 0. The van der Waals surface area contributed by atoms with Crippen LogP contribution in [0.4, 0.5) is 0 Å². The predicted octanol–water partition coefficient (Wildman–Crippen LogP) is -0.507. The van der Waals surface area contributed by atoms with Gasteiger partial charge >= 0.3 is 71.7 Å². The molecule has 0 N–H and O–H groups in total. The van der Waals surface area contributed by atoms with E-state index >= 15 is 0 Å². The molecule has 0 bridgehead atoms. The summed E-state index contributed by atoms with van der Waals surface area (Å²) in [5, 5.41) is 0. The summed E-state index contributed by atoms with van der Waals surface area (Å²) in [6, 6.07) is 0. The van der Waals surface area contributed by atoms with Gasteiger partial charge in [-0.15, -0.1) is 0 Å². The summed E-state index contributed by atoms with van der Waals surface area (Å²) >= 11 is 0. The van der Waals surface area contributed by atoms with Crippen molar-refractivity contribution >= 4 is 17.4 Å². The van der Waals surface area contributed by atoms with Crippen LogP contribution in [-0.2, 0) is 59.8 Å². The molecule has 0 unspecified atom stereocenters. The molecule has 0 aliphatic rings. The van der Waals surface area contributed by atoms with Crippen LogP contribution in [0.1, 0.15) is 0 Å². The van der Waals surface area contributed by atoms with Crippen LogP contribution in [0.3, 0.4) is 0 Å². The molecule has 0 amide bonds. The van der Waals surface area contributed by atoms with Gasteiger partial charge in [0, 0.05) is 0 Å². The van der Waals surface area contributed by atoms with Crippen LogP contribution in [-0.4, -0.2) is 17.4 Å². The molecule has 0 aromatic rings. The summed E-state index contributed by atoms with van der Waals surface area (Å²) in [5.41, 5.74) is 0. The Hall–Kier alpha value is 2.18. The van der Waals surface area contributed by atoms with Gasteiger partial charge in [-0.3, -0.25) is 0 Å². The maximum Gasteiger partial charge on any atom is 4.00 e. The third kappa shape index (κ3) is 22.7. The fraction of sp³-hybridized carbons (Fsp3) is 0. The topological polar surface area (TPSA) is 28.5 Å². The van der Waals surface area contributed by atoms with Crippen LogP contribution >= 0.6 is 0 Å². The summed E-state index contributed by atoms with van der Waals surface area (Å²) in [6.07, 6.45) is 0. The first kappa shape index (κ1) is 57.7. The van der Waals surface area contributed by atoms with Gasteiger partial charge in [-0.25, -0.2) is 0 Å². The minimum Gasteiger partial charge on any atom is -2.00 e. The second-order valence-corrected chi connectivity index (χ2v) is 0. The third-order valence-corrected chi connectivity index (χ3v) is 0. The third-order valence-electron chi connectivity index (χ3n) is 0. The molecule has 0 saturated heterocycles. The molecular formula is AlCoMoNiO+9. The SMILES string of the molecule is [Al+3].[Co+2].[Mo+4].[Ni+2].[O-2]. The first-order valence-corrected chi connectivity index (χ1v) is 0. The van der Waals surface area contributed by atoms with Crippen molar-refractivity contribution in [3.05, 3.63) is 0 Å². The van der Waals surface area contributed by atoms with Gasteiger partial charge in [0.2, 0.25) is 0 Å². The predicted molar refractivity (Wildman–Crippen MR) is 6.44 cm³/mol. The van der Waals surface area contributed by atoms with Crippen molar-refractivity contribution in [2.45, 2.75) is 0 Å². The Kier molecular flexibility index (Phi) is 402. The fourth-order valence-electron chi connectivity index (χ4n) is 0. The smallest absolute Gasteiger partial charge is 2.00 e. The molecule has 0 aliphatic heterocycles. The van der Waals surface area contributed by atoms with E-state index in [1.165, 1.54) is 0 Å². The largest absolute Gasteiger partial charge is 4.00 e. The average Bonchev–Trinajstić information content (AvgIpc) is 0. The number of hydrogen-bond donors (Lipinski definition) is 0. The quantitative estimate of drug-likeness (QED) is 0.523. The molecule has 0 fully saturated rings. The van der Waals surface area contributed by atoms with Crippen LogP contribution in [0, 0.1) is 0 Å². The van der Waals surface area contributed by atoms with E-state index < -0.39 is 0 Å². The van der Waals surface area contributed by atoms with Gasteiger partial charge in [0.15, 0.2) is 0 Å². The van der Waals surface area contributed by atoms with Crippen molar-refractivity contribution in [1.82, 2.24) is 0 Å². The zero-order valence-corrected chi connectivity index (χ0v) is 7.23. The minimum absolute atomic E-state index is 0.